The molecule has 3 amide bonds. The maximum absolute atomic E-state index is 13.5. The number of para-hydroxylation sites is 1. The van der Waals surface area contributed by atoms with Crippen molar-refractivity contribution in [2.45, 2.75) is 58.7 Å². The molecule has 1 fully saturated rings. The van der Waals surface area contributed by atoms with Crippen molar-refractivity contribution in [1.82, 2.24) is 24.9 Å². The number of carbonyl (C=O) groups excluding carboxylic acids is 2. The van der Waals surface area contributed by atoms with Crippen LogP contribution >= 0.6 is 0 Å². The van der Waals surface area contributed by atoms with Gasteiger partial charge in [0.1, 0.15) is 5.69 Å². The number of aryl methyl sites for hydroxylation is 1. The molecule has 2 aliphatic rings. The van der Waals surface area contributed by atoms with Crippen LogP contribution in [0.4, 0.5) is 4.79 Å². The van der Waals surface area contributed by atoms with Crippen LogP contribution in [0.15, 0.2) is 30.3 Å². The van der Waals surface area contributed by atoms with E-state index in [1.54, 1.807) is 4.68 Å². The summed E-state index contributed by atoms with van der Waals surface area (Å²) in [5.41, 5.74) is 3.44. The standard InChI is InChI=1S/C22H29N5O2/c1-14(2)23-22(29)25-12-8-11-18(13-25)26-16(4)19-15(3)24-27(20(19)21(26)28)17-9-6-5-7-10-17/h5-7,9-10,14,16,18H,8,11-13H2,1-4H3,(H,23,29). The van der Waals surface area contributed by atoms with E-state index in [0.717, 1.165) is 36.3 Å². The molecule has 0 bridgehead atoms. The number of hydrogen-bond acceptors (Lipinski definition) is 3. The fourth-order valence-corrected chi connectivity index (χ4v) is 4.63. The van der Waals surface area contributed by atoms with Gasteiger partial charge in [0.15, 0.2) is 0 Å². The number of piperidine rings is 1. The summed E-state index contributed by atoms with van der Waals surface area (Å²) in [6, 6.07) is 9.80. The van der Waals surface area contributed by atoms with Gasteiger partial charge in [0.05, 0.1) is 23.5 Å². The Morgan fingerprint density at radius 3 is 2.66 bits per heavy atom. The average molecular weight is 396 g/mol. The van der Waals surface area contributed by atoms with E-state index >= 15 is 0 Å². The molecule has 29 heavy (non-hydrogen) atoms. The van der Waals surface area contributed by atoms with E-state index in [-0.39, 0.29) is 30.1 Å². The van der Waals surface area contributed by atoms with Gasteiger partial charge >= 0.3 is 6.03 Å². The number of aromatic nitrogens is 2. The second-order valence-electron chi connectivity index (χ2n) is 8.33. The molecule has 0 radical (unpaired) electrons. The lowest BCUT2D eigenvalue weighted by Crippen LogP contribution is -2.53. The highest BCUT2D eigenvalue weighted by Crippen LogP contribution is 2.39. The predicted molar refractivity (Wildman–Crippen MR) is 111 cm³/mol. The third-order valence-corrected chi connectivity index (χ3v) is 5.87. The second-order valence-corrected chi connectivity index (χ2v) is 8.33. The highest BCUT2D eigenvalue weighted by molar-refractivity contribution is 5.98. The van der Waals surface area contributed by atoms with Crippen LogP contribution in [-0.2, 0) is 0 Å². The van der Waals surface area contributed by atoms with Gasteiger partial charge in [-0.3, -0.25) is 4.79 Å². The third kappa shape index (κ3) is 3.39. The number of rotatable bonds is 3. The Morgan fingerprint density at radius 2 is 1.97 bits per heavy atom. The fraction of sp³-hybridized carbons (Fsp3) is 0.500. The summed E-state index contributed by atoms with van der Waals surface area (Å²) in [5, 5.41) is 7.62. The van der Waals surface area contributed by atoms with Crippen LogP contribution in [0.2, 0.25) is 0 Å². The lowest BCUT2D eigenvalue weighted by molar-refractivity contribution is 0.0515. The number of urea groups is 1. The van der Waals surface area contributed by atoms with Gasteiger partial charge in [0.25, 0.3) is 5.91 Å². The molecule has 1 aromatic heterocycles. The molecule has 0 spiro atoms. The van der Waals surface area contributed by atoms with Gasteiger partial charge < -0.3 is 15.1 Å². The number of nitrogens with one attached hydrogen (secondary N) is 1. The summed E-state index contributed by atoms with van der Waals surface area (Å²) >= 11 is 0. The van der Waals surface area contributed by atoms with Crippen molar-refractivity contribution in [3.05, 3.63) is 47.3 Å². The van der Waals surface area contributed by atoms with Gasteiger partial charge in [-0.2, -0.15) is 5.10 Å². The third-order valence-electron chi connectivity index (χ3n) is 5.87. The molecule has 3 heterocycles. The number of amides is 3. The SMILES string of the molecule is Cc1nn(-c2ccccc2)c2c1C(C)N(C1CCCN(C(=O)NC(C)C)C1)C2=O. The summed E-state index contributed by atoms with van der Waals surface area (Å²) in [5.74, 6) is 0.00747. The average Bonchev–Trinajstić information content (AvgIpc) is 3.18. The maximum Gasteiger partial charge on any atom is 0.317 e. The normalized spacial score (nSPS) is 21.6. The van der Waals surface area contributed by atoms with Crippen LogP contribution in [0.25, 0.3) is 5.69 Å². The molecule has 7 nitrogen and oxygen atoms in total. The zero-order valence-corrected chi connectivity index (χ0v) is 17.6. The first-order valence-electron chi connectivity index (χ1n) is 10.4. The highest BCUT2D eigenvalue weighted by Gasteiger charge is 2.44. The van der Waals surface area contributed by atoms with Gasteiger partial charge in [-0.15, -0.1) is 0 Å². The largest absolute Gasteiger partial charge is 0.336 e. The van der Waals surface area contributed by atoms with Crippen molar-refractivity contribution in [3.63, 3.8) is 0 Å². The van der Waals surface area contributed by atoms with Crippen molar-refractivity contribution in [2.75, 3.05) is 13.1 Å². The summed E-state index contributed by atoms with van der Waals surface area (Å²) in [6.07, 6.45) is 1.80. The zero-order chi connectivity index (χ0) is 20.7. The molecule has 1 N–H and O–H groups in total. The van der Waals surface area contributed by atoms with Crippen molar-refractivity contribution in [2.24, 2.45) is 0 Å². The molecular formula is C22H29N5O2. The van der Waals surface area contributed by atoms with E-state index in [2.05, 4.69) is 17.3 Å². The van der Waals surface area contributed by atoms with Crippen LogP contribution in [0.5, 0.6) is 0 Å². The van der Waals surface area contributed by atoms with E-state index in [4.69, 9.17) is 0 Å². The zero-order valence-electron chi connectivity index (χ0n) is 17.6. The Kier molecular flexibility index (Phi) is 5.06. The predicted octanol–water partition coefficient (Wildman–Crippen LogP) is 3.28. The summed E-state index contributed by atoms with van der Waals surface area (Å²) in [7, 11) is 0. The number of likely N-dealkylation sites (tertiary alicyclic amines) is 1. The fourth-order valence-electron chi connectivity index (χ4n) is 4.63. The first kappa shape index (κ1) is 19.5. The van der Waals surface area contributed by atoms with Gasteiger partial charge in [-0.1, -0.05) is 18.2 Å². The highest BCUT2D eigenvalue weighted by atomic mass is 16.2. The maximum atomic E-state index is 13.5. The first-order valence-corrected chi connectivity index (χ1v) is 10.4. The molecular weight excluding hydrogens is 366 g/mol. The van der Waals surface area contributed by atoms with Crippen molar-refractivity contribution >= 4 is 11.9 Å². The molecule has 0 aliphatic carbocycles. The van der Waals surface area contributed by atoms with Crippen molar-refractivity contribution < 1.29 is 9.59 Å². The van der Waals surface area contributed by atoms with Crippen LogP contribution in [0.1, 0.15) is 61.4 Å². The Hall–Kier alpha value is -2.83. The van der Waals surface area contributed by atoms with Crippen LogP contribution in [-0.4, -0.2) is 56.7 Å². The summed E-state index contributed by atoms with van der Waals surface area (Å²) < 4.78 is 1.77. The van der Waals surface area contributed by atoms with Crippen LogP contribution in [0, 0.1) is 6.92 Å². The Bertz CT molecular complexity index is 921. The van der Waals surface area contributed by atoms with Gasteiger partial charge in [0, 0.05) is 24.7 Å². The van der Waals surface area contributed by atoms with E-state index in [0.29, 0.717) is 12.2 Å². The lowest BCUT2D eigenvalue weighted by Gasteiger charge is -2.39. The van der Waals surface area contributed by atoms with Crippen LogP contribution < -0.4 is 5.32 Å². The molecule has 0 saturated carbocycles. The van der Waals surface area contributed by atoms with E-state index < -0.39 is 0 Å². The Balaban J connectivity index is 1.61. The smallest absolute Gasteiger partial charge is 0.317 e. The van der Waals surface area contributed by atoms with Gasteiger partial charge in [-0.25, -0.2) is 9.48 Å². The minimum Gasteiger partial charge on any atom is -0.336 e. The molecule has 2 atom stereocenters. The molecule has 7 heteroatoms. The molecule has 154 valence electrons. The Labute approximate surface area is 171 Å². The molecule has 4 rings (SSSR count). The number of hydrogen-bond donors (Lipinski definition) is 1. The quantitative estimate of drug-likeness (QED) is 0.867. The van der Waals surface area contributed by atoms with E-state index in [1.165, 1.54) is 0 Å². The molecule has 2 aliphatic heterocycles. The topological polar surface area (TPSA) is 70.5 Å². The number of carbonyl (C=O) groups is 2. The van der Waals surface area contributed by atoms with Gasteiger partial charge in [0.2, 0.25) is 0 Å². The number of benzene rings is 1. The lowest BCUT2D eigenvalue weighted by atomic mass is 10.0. The summed E-state index contributed by atoms with van der Waals surface area (Å²) in [6.45, 7) is 9.25. The number of nitrogens with zero attached hydrogens (tertiary/aromatic N) is 4. The molecule has 1 saturated heterocycles. The van der Waals surface area contributed by atoms with E-state index in [1.807, 2.05) is 60.9 Å². The minimum absolute atomic E-state index is 0.00747. The first-order chi connectivity index (χ1) is 13.9. The second kappa shape index (κ2) is 7.54. The Morgan fingerprint density at radius 1 is 1.24 bits per heavy atom. The summed E-state index contributed by atoms with van der Waals surface area (Å²) in [4.78, 5) is 29.8. The van der Waals surface area contributed by atoms with Gasteiger partial charge in [-0.05, 0) is 52.7 Å². The minimum atomic E-state index is -0.0481. The number of fused-ring (bicyclic) bond motifs is 1. The molecule has 1 aromatic carbocycles. The van der Waals surface area contributed by atoms with Crippen molar-refractivity contribution in [1.29, 1.82) is 0 Å². The van der Waals surface area contributed by atoms with Crippen molar-refractivity contribution in [3.8, 4) is 5.69 Å². The monoisotopic (exact) mass is 395 g/mol. The molecule has 2 aromatic rings. The molecule has 2 unspecified atom stereocenters. The van der Waals surface area contributed by atoms with E-state index in [9.17, 15) is 9.59 Å². The van der Waals surface area contributed by atoms with Crippen LogP contribution in [0.3, 0.4) is 0 Å².